The first-order valence-electron chi connectivity index (χ1n) is 12.9. The van der Waals surface area contributed by atoms with Crippen LogP contribution in [-0.4, -0.2) is 104 Å². The molecule has 0 amide bonds. The first-order chi connectivity index (χ1) is 21.4. The fourth-order valence-corrected chi connectivity index (χ4v) is 8.47. The van der Waals surface area contributed by atoms with Crippen LogP contribution in [0.2, 0.25) is 0 Å². The molecule has 2 fully saturated rings. The smallest absolute Gasteiger partial charge is 0.396 e. The second kappa shape index (κ2) is 12.4. The first-order valence-corrected chi connectivity index (χ1v) is 18.0. The van der Waals surface area contributed by atoms with E-state index in [9.17, 15) is 24.2 Å². The summed E-state index contributed by atoms with van der Waals surface area (Å²) in [5.41, 5.74) is 2.07. The van der Waals surface area contributed by atoms with Crippen molar-refractivity contribution in [2.24, 2.45) is 0 Å². The highest BCUT2D eigenvalue weighted by atomic mass is 32.7. The van der Waals surface area contributed by atoms with E-state index in [0.29, 0.717) is 0 Å². The molecular weight excluding hydrogens is 688 g/mol. The lowest BCUT2D eigenvalue weighted by Crippen LogP contribution is -2.34. The molecule has 242 valence electrons. The summed E-state index contributed by atoms with van der Waals surface area (Å²) in [4.78, 5) is 52.3. The maximum atomic E-state index is 15.9. The van der Waals surface area contributed by atoms with Crippen LogP contribution in [-0.2, 0) is 34.9 Å². The molecule has 2 unspecified atom stereocenters. The van der Waals surface area contributed by atoms with E-state index in [-0.39, 0.29) is 34.7 Å². The Bertz CT molecular complexity index is 1930. The van der Waals surface area contributed by atoms with Gasteiger partial charge in [-0.1, -0.05) is 5.21 Å². The third kappa shape index (κ3) is 5.81. The zero-order chi connectivity index (χ0) is 32.2. The van der Waals surface area contributed by atoms with Crippen molar-refractivity contribution in [3.8, 4) is 0 Å². The van der Waals surface area contributed by atoms with Crippen LogP contribution in [0, 0.1) is 0 Å². The van der Waals surface area contributed by atoms with Gasteiger partial charge >= 0.3 is 7.23 Å². The molecule has 0 aromatic carbocycles. The highest BCUT2D eigenvalue weighted by Crippen LogP contribution is 2.59. The summed E-state index contributed by atoms with van der Waals surface area (Å²) in [5.74, 6) is -0.304. The number of nitrogens with one attached hydrogen (secondary N) is 2. The van der Waals surface area contributed by atoms with Crippen LogP contribution >= 0.6 is 26.0 Å². The number of hydrogen-bond acceptors (Lipinski definition) is 15. The number of thiol groups is 1. The SMILES string of the molecule is Nc1nc2c(nnn2[C@@H]2O[C@H](CCO)[C@@H](F)[C@H]2P(O)(=S)OC[C@H]2O[C@@H](n3cnc4c(=O)[nH]cnc43)[C@@H](F)[C@@H]2O[P+](=O)S)c(=O)[nH]1. The number of halogens is 2. The number of nitrogen functional groups attached to an aromatic ring is 1. The number of aliphatic hydroxyl groups is 1. The van der Waals surface area contributed by atoms with Gasteiger partial charge in [-0.05, 0) is 22.8 Å². The fourth-order valence-electron chi connectivity index (χ4n) is 5.24. The van der Waals surface area contributed by atoms with Gasteiger partial charge in [0.2, 0.25) is 5.95 Å². The molecule has 2 aliphatic heterocycles. The number of alkyl halides is 2. The lowest BCUT2D eigenvalue weighted by Gasteiger charge is -2.28. The number of nitrogens with two attached hydrogens (primary N) is 1. The monoisotopic (exact) mass is 711 g/mol. The molecule has 4 aromatic heterocycles. The average molecular weight is 712 g/mol. The number of nitrogens with zero attached hydrogens (tertiary/aromatic N) is 7. The molecule has 4 aromatic rings. The minimum Gasteiger partial charge on any atom is -0.396 e. The number of aliphatic hydroxyl groups excluding tert-OH is 1. The number of hydrogen-bond donors (Lipinski definition) is 6. The zero-order valence-corrected chi connectivity index (χ0v) is 25.9. The Labute approximate surface area is 259 Å². The third-order valence-corrected chi connectivity index (χ3v) is 10.8. The second-order valence-corrected chi connectivity index (χ2v) is 15.1. The van der Waals surface area contributed by atoms with E-state index in [1.54, 1.807) is 0 Å². The molecule has 0 saturated carbocycles. The molecule has 6 rings (SSSR count). The van der Waals surface area contributed by atoms with E-state index in [4.69, 9.17) is 36.1 Å². The van der Waals surface area contributed by atoms with Crippen molar-refractivity contribution >= 4 is 66.1 Å². The molecule has 6 heterocycles. The molecule has 0 radical (unpaired) electrons. The van der Waals surface area contributed by atoms with Crippen LogP contribution in [0.4, 0.5) is 14.7 Å². The van der Waals surface area contributed by atoms with Gasteiger partial charge in [0.15, 0.2) is 53.6 Å². The summed E-state index contributed by atoms with van der Waals surface area (Å²) in [6, 6.07) is 0. The van der Waals surface area contributed by atoms with Crippen LogP contribution in [0.1, 0.15) is 18.9 Å². The summed E-state index contributed by atoms with van der Waals surface area (Å²) in [7, 11) is -2.67. The summed E-state index contributed by atoms with van der Waals surface area (Å²) in [5, 5.41) is 17.0. The number of fused-ring (bicyclic) bond motifs is 2. The zero-order valence-electron chi connectivity index (χ0n) is 22.4. The van der Waals surface area contributed by atoms with Gasteiger partial charge in [-0.2, -0.15) is 9.67 Å². The maximum absolute atomic E-state index is 15.9. The molecule has 10 atom stereocenters. The number of imidazole rings is 1. The van der Waals surface area contributed by atoms with Gasteiger partial charge in [-0.25, -0.2) is 18.7 Å². The second-order valence-electron chi connectivity index (χ2n) is 9.90. The van der Waals surface area contributed by atoms with Gasteiger partial charge in [0.05, 0.1) is 25.4 Å². The van der Waals surface area contributed by atoms with Gasteiger partial charge in [0.25, 0.3) is 11.1 Å². The minimum absolute atomic E-state index is 0.0245. The van der Waals surface area contributed by atoms with Crippen LogP contribution in [0.3, 0.4) is 0 Å². The normalized spacial score (nSPS) is 30.3. The van der Waals surface area contributed by atoms with E-state index in [1.807, 2.05) is 0 Å². The highest BCUT2D eigenvalue weighted by molar-refractivity contribution is 8.39. The Morgan fingerprint density at radius 3 is 2.64 bits per heavy atom. The minimum atomic E-state index is -4.32. The van der Waals surface area contributed by atoms with Gasteiger partial charge in [-0.3, -0.25) is 19.1 Å². The molecule has 0 spiro atoms. The molecule has 6 N–H and O–H groups in total. The number of rotatable bonds is 10. The van der Waals surface area contributed by atoms with Crippen LogP contribution in [0.25, 0.3) is 22.3 Å². The summed E-state index contributed by atoms with van der Waals surface area (Å²) < 4.78 is 68.0. The van der Waals surface area contributed by atoms with Gasteiger partial charge in [-0.15, -0.1) is 9.62 Å². The Kier molecular flexibility index (Phi) is 8.84. The molecule has 25 heteroatoms. The molecular formula is C20H23F2N10O9P2S2+. The van der Waals surface area contributed by atoms with E-state index in [0.717, 1.165) is 21.9 Å². The molecule has 2 saturated heterocycles. The predicted octanol–water partition coefficient (Wildman–Crippen LogP) is -0.257. The summed E-state index contributed by atoms with van der Waals surface area (Å²) in [6.07, 6.45) is -9.39. The Balaban J connectivity index is 1.29. The summed E-state index contributed by atoms with van der Waals surface area (Å²) >= 11 is 9.08. The van der Waals surface area contributed by atoms with Crippen LogP contribution in [0.15, 0.2) is 22.2 Å². The number of aromatic nitrogens is 9. The molecule has 45 heavy (non-hydrogen) atoms. The molecule has 0 bridgehead atoms. The van der Waals surface area contributed by atoms with E-state index in [2.05, 4.69) is 47.5 Å². The van der Waals surface area contributed by atoms with Crippen molar-refractivity contribution in [1.82, 2.24) is 44.5 Å². The Morgan fingerprint density at radius 2 is 1.91 bits per heavy atom. The van der Waals surface area contributed by atoms with Gasteiger partial charge in [0.1, 0.15) is 30.2 Å². The largest absolute Gasteiger partial charge is 0.582 e. The Morgan fingerprint density at radius 1 is 1.16 bits per heavy atom. The standard InChI is InChI=1S/C20H22F2N10O9P2S2/c21-8-6(1-2-33)39-19(32-15-11(29-30-32)17(35)28-20(23)27-15)13(8)43(37,45)38-3-7-12(41-42(36)44)9(22)18(40-7)31-5-26-10-14(31)24-4-25-16(10)34/h4-9,12-13,18-19,33H,1-3H2,(H5-,23,24,25,27,28,30,34,35,36,37,44,45)/p+1/t6-,7-,8-,9+,12-,13-,18-,19-,43?/m1/s1. The molecule has 2 aliphatic rings. The lowest BCUT2D eigenvalue weighted by atomic mass is 10.1. The van der Waals surface area contributed by atoms with Gasteiger partial charge in [0, 0.05) is 6.61 Å². The van der Waals surface area contributed by atoms with E-state index in [1.165, 1.54) is 0 Å². The van der Waals surface area contributed by atoms with Crippen LogP contribution in [0.5, 0.6) is 0 Å². The number of anilines is 1. The van der Waals surface area contributed by atoms with Crippen molar-refractivity contribution in [3.05, 3.63) is 33.4 Å². The average Bonchev–Trinajstić information content (AvgIpc) is 3.73. The predicted molar refractivity (Wildman–Crippen MR) is 156 cm³/mol. The first kappa shape index (κ1) is 32.1. The summed E-state index contributed by atoms with van der Waals surface area (Å²) in [6.45, 7) is -5.51. The van der Waals surface area contributed by atoms with Crippen molar-refractivity contribution in [2.45, 2.75) is 55.2 Å². The van der Waals surface area contributed by atoms with Crippen molar-refractivity contribution in [1.29, 1.82) is 0 Å². The topological polar surface area (TPSA) is 260 Å². The lowest BCUT2D eigenvalue weighted by molar-refractivity contribution is -0.0394. The van der Waals surface area contributed by atoms with Crippen molar-refractivity contribution < 1.29 is 41.9 Å². The molecule has 19 nitrogen and oxygen atoms in total. The molecule has 0 aliphatic carbocycles. The van der Waals surface area contributed by atoms with Gasteiger partial charge < -0.3 is 34.7 Å². The number of H-pyrrole nitrogens is 2. The number of aromatic amines is 2. The van der Waals surface area contributed by atoms with Crippen molar-refractivity contribution in [3.63, 3.8) is 0 Å². The third-order valence-electron chi connectivity index (χ3n) is 7.21. The maximum Gasteiger partial charge on any atom is 0.582 e. The fraction of sp³-hybridized carbons (Fsp3) is 0.550. The van der Waals surface area contributed by atoms with E-state index >= 15 is 8.78 Å². The van der Waals surface area contributed by atoms with Crippen molar-refractivity contribution in [2.75, 3.05) is 18.9 Å². The number of ether oxygens (including phenoxy) is 2. The quantitative estimate of drug-likeness (QED) is 0.0915. The van der Waals surface area contributed by atoms with E-state index < -0.39 is 86.8 Å². The highest BCUT2D eigenvalue weighted by Gasteiger charge is 2.56. The van der Waals surface area contributed by atoms with Crippen LogP contribution < -0.4 is 16.9 Å². The Hall–Kier alpha value is -2.85.